The molecule has 0 heterocycles. The van der Waals surface area contributed by atoms with E-state index in [1.165, 1.54) is 23.9 Å². The van der Waals surface area contributed by atoms with Gasteiger partial charge >= 0.3 is 5.97 Å². The number of esters is 1. The van der Waals surface area contributed by atoms with Crippen LogP contribution in [0.15, 0.2) is 33.2 Å². The van der Waals surface area contributed by atoms with Crippen molar-refractivity contribution in [2.24, 2.45) is 4.99 Å². The minimum absolute atomic E-state index is 0.0795. The predicted octanol–water partition coefficient (Wildman–Crippen LogP) is 4.20. The zero-order valence-electron chi connectivity index (χ0n) is 12.5. The Bertz CT molecular complexity index is 617. The van der Waals surface area contributed by atoms with Crippen molar-refractivity contribution in [1.82, 2.24) is 0 Å². The smallest absolute Gasteiger partial charge is 0.344 e. The molecule has 0 unspecified atom stereocenters. The van der Waals surface area contributed by atoms with Crippen molar-refractivity contribution in [3.63, 3.8) is 0 Å². The quantitative estimate of drug-likeness (QED) is 0.269. The number of carbonyl (C=O) groups is 1. The first-order chi connectivity index (χ1) is 10.5. The van der Waals surface area contributed by atoms with Crippen molar-refractivity contribution < 1.29 is 19.0 Å². The minimum atomic E-state index is -0.733. The van der Waals surface area contributed by atoms with Crippen molar-refractivity contribution in [3.8, 4) is 0 Å². The summed E-state index contributed by atoms with van der Waals surface area (Å²) in [6.45, 7) is 4.03. The van der Waals surface area contributed by atoms with Gasteiger partial charge in [-0.2, -0.15) is 0 Å². The second kappa shape index (κ2) is 8.95. The van der Waals surface area contributed by atoms with Crippen molar-refractivity contribution in [3.05, 3.63) is 39.6 Å². The Morgan fingerprint density at radius 2 is 2.14 bits per heavy atom. The number of hydrogen-bond acceptors (Lipinski definition) is 5. The van der Waals surface area contributed by atoms with Crippen molar-refractivity contribution >= 4 is 44.5 Å². The molecule has 1 rings (SSSR count). The zero-order chi connectivity index (χ0) is 16.7. The second-order valence-corrected chi connectivity index (χ2v) is 5.76. The van der Waals surface area contributed by atoms with Gasteiger partial charge in [-0.3, -0.25) is 4.99 Å². The number of nitrogens with zero attached hydrogens (tertiary/aromatic N) is 1. The second-order valence-electron chi connectivity index (χ2n) is 4.05. The monoisotopic (exact) mass is 389 g/mol. The number of halogens is 2. The van der Waals surface area contributed by atoms with Crippen LogP contribution in [0.25, 0.3) is 5.76 Å². The van der Waals surface area contributed by atoms with E-state index in [2.05, 4.69) is 20.9 Å². The lowest BCUT2D eigenvalue weighted by Crippen LogP contribution is -2.17. The SMILES string of the molecule is CCN=C(SC)/C(C(=O)OCC)=C(/O)c1ccc(Br)cc1F. The summed E-state index contributed by atoms with van der Waals surface area (Å²) in [7, 11) is 0. The molecule has 0 atom stereocenters. The Kier molecular flexibility index (Phi) is 7.61. The average molecular weight is 390 g/mol. The fourth-order valence-electron chi connectivity index (χ4n) is 1.69. The molecule has 0 aliphatic carbocycles. The van der Waals surface area contributed by atoms with Gasteiger partial charge < -0.3 is 9.84 Å². The van der Waals surface area contributed by atoms with E-state index in [0.717, 1.165) is 0 Å². The van der Waals surface area contributed by atoms with Crippen LogP contribution < -0.4 is 0 Å². The van der Waals surface area contributed by atoms with Crippen molar-refractivity contribution in [2.45, 2.75) is 13.8 Å². The third-order valence-electron chi connectivity index (χ3n) is 2.61. The third kappa shape index (κ3) is 4.58. The normalized spacial score (nSPS) is 12.9. The van der Waals surface area contributed by atoms with Crippen LogP contribution >= 0.6 is 27.7 Å². The van der Waals surface area contributed by atoms with Crippen LogP contribution in [-0.2, 0) is 9.53 Å². The van der Waals surface area contributed by atoms with Crippen molar-refractivity contribution in [2.75, 3.05) is 19.4 Å². The molecule has 0 aliphatic rings. The maximum atomic E-state index is 14.0. The van der Waals surface area contributed by atoms with Gasteiger partial charge in [-0.1, -0.05) is 15.9 Å². The Morgan fingerprint density at radius 1 is 1.45 bits per heavy atom. The van der Waals surface area contributed by atoms with Crippen LogP contribution in [0.4, 0.5) is 4.39 Å². The van der Waals surface area contributed by atoms with Gasteiger partial charge in [0.05, 0.1) is 12.2 Å². The largest absolute Gasteiger partial charge is 0.506 e. The molecule has 120 valence electrons. The first kappa shape index (κ1) is 18.7. The van der Waals surface area contributed by atoms with E-state index in [-0.39, 0.29) is 17.7 Å². The highest BCUT2D eigenvalue weighted by Crippen LogP contribution is 2.26. The standard InChI is InChI=1S/C15H17BrFNO3S/c1-4-18-14(22-3)12(15(20)21-5-2)13(19)10-7-6-9(16)8-11(10)17/h6-8,19H,4-5H2,1-3H3/b13-12-,18-14?. The number of benzene rings is 1. The van der Waals surface area contributed by atoms with E-state index >= 15 is 0 Å². The minimum Gasteiger partial charge on any atom is -0.506 e. The molecule has 7 heteroatoms. The number of aliphatic hydroxyl groups is 1. The molecule has 1 N–H and O–H groups in total. The molecule has 0 saturated heterocycles. The van der Waals surface area contributed by atoms with Gasteiger partial charge in [0.1, 0.15) is 22.2 Å². The van der Waals surface area contributed by atoms with E-state index in [9.17, 15) is 14.3 Å². The van der Waals surface area contributed by atoms with Crippen molar-refractivity contribution in [1.29, 1.82) is 0 Å². The molecule has 0 spiro atoms. The Labute approximate surface area is 141 Å². The summed E-state index contributed by atoms with van der Waals surface area (Å²) >= 11 is 4.33. The molecule has 0 aliphatic heterocycles. The molecule has 0 radical (unpaired) electrons. The number of aliphatic imine (C=N–C) groups is 1. The number of hydrogen-bond donors (Lipinski definition) is 1. The van der Waals surface area contributed by atoms with Gasteiger partial charge in [0.15, 0.2) is 0 Å². The number of rotatable bonds is 5. The highest BCUT2D eigenvalue weighted by molar-refractivity contribution is 9.10. The molecular weight excluding hydrogens is 373 g/mol. The molecule has 0 saturated carbocycles. The van der Waals surface area contributed by atoms with E-state index in [1.54, 1.807) is 26.2 Å². The number of aliphatic hydroxyl groups excluding tert-OH is 1. The van der Waals surface area contributed by atoms with E-state index in [0.29, 0.717) is 16.1 Å². The van der Waals surface area contributed by atoms with E-state index in [1.807, 2.05) is 0 Å². The average Bonchev–Trinajstić information content (AvgIpc) is 2.46. The maximum absolute atomic E-state index is 14.0. The Hall–Kier alpha value is -1.34. The van der Waals surface area contributed by atoms with E-state index in [4.69, 9.17) is 4.74 Å². The molecule has 4 nitrogen and oxygen atoms in total. The molecule has 22 heavy (non-hydrogen) atoms. The van der Waals surface area contributed by atoms with Gasteiger partial charge in [0.2, 0.25) is 0 Å². The van der Waals surface area contributed by atoms with Gasteiger partial charge in [0.25, 0.3) is 0 Å². The fraction of sp³-hybridized carbons (Fsp3) is 0.333. The Balaban J connectivity index is 3.51. The van der Waals surface area contributed by atoms with Crippen LogP contribution in [0, 0.1) is 5.82 Å². The van der Waals surface area contributed by atoms with Gasteiger partial charge in [-0.05, 0) is 38.3 Å². The molecule has 0 amide bonds. The first-order valence-corrected chi connectivity index (χ1v) is 8.62. The molecule has 1 aromatic rings. The lowest BCUT2D eigenvalue weighted by Gasteiger charge is -2.12. The highest BCUT2D eigenvalue weighted by atomic mass is 79.9. The zero-order valence-corrected chi connectivity index (χ0v) is 14.9. The lowest BCUT2D eigenvalue weighted by atomic mass is 10.1. The van der Waals surface area contributed by atoms with Gasteiger partial charge in [-0.25, -0.2) is 9.18 Å². The summed E-state index contributed by atoms with van der Waals surface area (Å²) in [5.74, 6) is -1.86. The molecule has 1 aromatic carbocycles. The van der Waals surface area contributed by atoms with Crippen LogP contribution in [0.1, 0.15) is 19.4 Å². The van der Waals surface area contributed by atoms with Gasteiger partial charge in [0, 0.05) is 11.0 Å². The van der Waals surface area contributed by atoms with Crippen LogP contribution in [0.5, 0.6) is 0 Å². The fourth-order valence-corrected chi connectivity index (χ4v) is 2.67. The molecule has 0 bridgehead atoms. The Morgan fingerprint density at radius 3 is 2.64 bits per heavy atom. The maximum Gasteiger partial charge on any atom is 0.344 e. The third-order valence-corrected chi connectivity index (χ3v) is 3.82. The lowest BCUT2D eigenvalue weighted by molar-refractivity contribution is -0.137. The summed E-state index contributed by atoms with van der Waals surface area (Å²) in [5.41, 5.74) is -0.207. The van der Waals surface area contributed by atoms with Gasteiger partial charge in [-0.15, -0.1) is 11.8 Å². The first-order valence-electron chi connectivity index (χ1n) is 6.60. The molecular formula is C15H17BrFNO3S. The highest BCUT2D eigenvalue weighted by Gasteiger charge is 2.24. The van der Waals surface area contributed by atoms with Crippen LogP contribution in [0.3, 0.4) is 0 Å². The van der Waals surface area contributed by atoms with E-state index < -0.39 is 17.5 Å². The number of carbonyl (C=O) groups excluding carboxylic acids is 1. The predicted molar refractivity (Wildman–Crippen MR) is 91.8 cm³/mol. The summed E-state index contributed by atoms with van der Waals surface area (Å²) in [6.07, 6.45) is 1.72. The molecule has 0 fully saturated rings. The van der Waals surface area contributed by atoms with Crippen LogP contribution in [-0.4, -0.2) is 35.5 Å². The topological polar surface area (TPSA) is 58.9 Å². The summed E-state index contributed by atoms with van der Waals surface area (Å²) < 4.78 is 19.5. The van der Waals surface area contributed by atoms with Crippen LogP contribution in [0.2, 0.25) is 0 Å². The number of thioether (sulfide) groups is 1. The summed E-state index contributed by atoms with van der Waals surface area (Å²) in [4.78, 5) is 16.3. The number of ether oxygens (including phenoxy) is 1. The summed E-state index contributed by atoms with van der Waals surface area (Å²) in [5, 5.41) is 10.7. The molecule has 0 aromatic heterocycles. The summed E-state index contributed by atoms with van der Waals surface area (Å²) in [6, 6.07) is 4.18.